The first-order valence-corrected chi connectivity index (χ1v) is 20.2. The molecule has 5 nitrogen and oxygen atoms in total. The summed E-state index contributed by atoms with van der Waals surface area (Å²) in [6, 6.07) is 0. The molecule has 0 saturated heterocycles. The second-order valence-corrected chi connectivity index (χ2v) is 13.3. The smallest absolute Gasteiger partial charge is 0.306 e. The van der Waals surface area contributed by atoms with Gasteiger partial charge in [-0.05, 0) is 70.6 Å². The van der Waals surface area contributed by atoms with Gasteiger partial charge in [0, 0.05) is 12.8 Å². The minimum absolute atomic E-state index is 0.0742. The molecule has 0 aromatic heterocycles. The molecular weight excluding hydrogens is 596 g/mol. The zero-order chi connectivity index (χ0) is 35.0. The van der Waals surface area contributed by atoms with Crippen LogP contribution in [0.1, 0.15) is 194 Å². The lowest BCUT2D eigenvalue weighted by Gasteiger charge is -2.15. The summed E-state index contributed by atoms with van der Waals surface area (Å²) in [4.78, 5) is 24.3. The molecule has 0 aliphatic heterocycles. The number of ether oxygens (including phenoxy) is 2. The fourth-order valence-corrected chi connectivity index (χ4v) is 5.56. The third-order valence-electron chi connectivity index (χ3n) is 8.61. The predicted molar refractivity (Wildman–Crippen MR) is 205 cm³/mol. The largest absolute Gasteiger partial charge is 0.462 e. The number of carbonyl (C=O) groups is 2. The van der Waals surface area contributed by atoms with Crippen molar-refractivity contribution in [3.05, 3.63) is 48.6 Å². The molecule has 0 unspecified atom stereocenters. The highest BCUT2D eigenvalue weighted by atomic mass is 16.6. The number of hydrogen-bond donors (Lipinski definition) is 1. The van der Waals surface area contributed by atoms with Gasteiger partial charge in [-0.1, -0.05) is 159 Å². The first-order valence-electron chi connectivity index (χ1n) is 20.2. The van der Waals surface area contributed by atoms with Crippen molar-refractivity contribution in [2.45, 2.75) is 200 Å². The maximum atomic E-state index is 12.2. The van der Waals surface area contributed by atoms with Gasteiger partial charge >= 0.3 is 11.9 Å². The molecule has 0 aromatic rings. The van der Waals surface area contributed by atoms with Crippen molar-refractivity contribution in [2.24, 2.45) is 0 Å². The molecule has 0 amide bonds. The van der Waals surface area contributed by atoms with E-state index in [1.54, 1.807) is 0 Å². The fraction of sp³-hybridized carbons (Fsp3) is 0.767. The lowest BCUT2D eigenvalue weighted by molar-refractivity contribution is -0.161. The van der Waals surface area contributed by atoms with Gasteiger partial charge in [0.25, 0.3) is 0 Å². The van der Waals surface area contributed by atoms with E-state index in [1.165, 1.54) is 96.3 Å². The zero-order valence-corrected chi connectivity index (χ0v) is 31.5. The number of aliphatic hydroxyl groups excluding tert-OH is 1. The summed E-state index contributed by atoms with van der Waals surface area (Å²) in [5.41, 5.74) is 0. The first kappa shape index (κ1) is 45.9. The summed E-state index contributed by atoms with van der Waals surface area (Å²) in [6.45, 7) is 4.01. The van der Waals surface area contributed by atoms with Crippen molar-refractivity contribution >= 4 is 11.9 Å². The van der Waals surface area contributed by atoms with Crippen LogP contribution in [0.3, 0.4) is 0 Å². The Morgan fingerprint density at radius 2 is 0.896 bits per heavy atom. The monoisotopic (exact) mass is 673 g/mol. The van der Waals surface area contributed by atoms with Gasteiger partial charge in [0.1, 0.15) is 6.61 Å². The Morgan fingerprint density at radius 3 is 1.38 bits per heavy atom. The molecule has 1 N–H and O–H groups in total. The summed E-state index contributed by atoms with van der Waals surface area (Å²) in [5.74, 6) is -0.612. The summed E-state index contributed by atoms with van der Waals surface area (Å²) in [6.07, 6.45) is 48.9. The highest BCUT2D eigenvalue weighted by Gasteiger charge is 2.16. The van der Waals surface area contributed by atoms with E-state index in [2.05, 4.69) is 62.5 Å². The summed E-state index contributed by atoms with van der Waals surface area (Å²) in [5, 5.41) is 9.55. The van der Waals surface area contributed by atoms with E-state index in [9.17, 15) is 14.7 Å². The minimum Gasteiger partial charge on any atom is -0.462 e. The molecule has 0 heterocycles. The molecule has 0 rings (SSSR count). The van der Waals surface area contributed by atoms with Crippen LogP contribution in [-0.4, -0.2) is 36.4 Å². The molecular formula is C43H76O5. The second-order valence-electron chi connectivity index (χ2n) is 13.3. The summed E-state index contributed by atoms with van der Waals surface area (Å²) in [7, 11) is 0. The molecule has 0 aromatic carbocycles. The molecule has 1 atom stereocenters. The fourth-order valence-electron chi connectivity index (χ4n) is 5.56. The van der Waals surface area contributed by atoms with E-state index in [0.29, 0.717) is 12.8 Å². The van der Waals surface area contributed by atoms with Crippen LogP contribution in [0.4, 0.5) is 0 Å². The van der Waals surface area contributed by atoms with Gasteiger partial charge in [-0.15, -0.1) is 0 Å². The van der Waals surface area contributed by atoms with Gasteiger partial charge in [0.2, 0.25) is 0 Å². The Bertz CT molecular complexity index is 812. The van der Waals surface area contributed by atoms with Gasteiger partial charge in [-0.2, -0.15) is 0 Å². The van der Waals surface area contributed by atoms with E-state index in [4.69, 9.17) is 9.47 Å². The van der Waals surface area contributed by atoms with Gasteiger partial charge in [-0.25, -0.2) is 0 Å². The summed E-state index contributed by atoms with van der Waals surface area (Å²) >= 11 is 0. The predicted octanol–water partition coefficient (Wildman–Crippen LogP) is 12.6. The lowest BCUT2D eigenvalue weighted by atomic mass is 10.1. The molecule has 0 spiro atoms. The molecule has 48 heavy (non-hydrogen) atoms. The molecule has 0 radical (unpaired) electrons. The van der Waals surface area contributed by atoms with Gasteiger partial charge in [-0.3, -0.25) is 9.59 Å². The second kappa shape index (κ2) is 39.3. The average Bonchev–Trinajstić information content (AvgIpc) is 3.09. The van der Waals surface area contributed by atoms with E-state index in [1.807, 2.05) is 0 Å². The van der Waals surface area contributed by atoms with Gasteiger partial charge in [0.05, 0.1) is 6.61 Å². The van der Waals surface area contributed by atoms with E-state index >= 15 is 0 Å². The Balaban J connectivity index is 3.56. The lowest BCUT2D eigenvalue weighted by Crippen LogP contribution is -2.28. The van der Waals surface area contributed by atoms with Crippen molar-refractivity contribution < 1.29 is 24.2 Å². The Labute approximate surface area is 297 Å². The van der Waals surface area contributed by atoms with Crippen LogP contribution in [0.2, 0.25) is 0 Å². The number of aliphatic hydroxyl groups is 1. The normalized spacial score (nSPS) is 12.6. The third kappa shape index (κ3) is 36.7. The number of rotatable bonds is 36. The van der Waals surface area contributed by atoms with Crippen molar-refractivity contribution in [2.75, 3.05) is 13.2 Å². The molecule has 0 aliphatic rings. The standard InChI is InChI=1S/C43H76O5/c1-3-5-7-9-11-13-15-17-19-20-21-22-24-25-27-29-31-33-35-37-42(45)47-40-41(39-44)48-43(46)38-36-34-32-30-28-26-23-18-16-14-12-10-8-6-4-2/h6,8,12,14,17-19,23,41,44H,3-5,7,9-11,13,15-16,20-22,24-40H2,1-2H3/t41-/m0/s1. The molecule has 0 aliphatic carbocycles. The number of allylic oxidation sites excluding steroid dienone is 8. The van der Waals surface area contributed by atoms with Gasteiger partial charge in [0.15, 0.2) is 6.10 Å². The molecule has 0 fully saturated rings. The molecule has 0 bridgehead atoms. The SMILES string of the molecule is CCC=CCC=CCC=CCCCCCCCC(=O)O[C@@H](CO)COC(=O)CCCCCCCCCCCC=CCCCCCCCC. The number of carbonyl (C=O) groups excluding carboxylic acids is 2. The van der Waals surface area contributed by atoms with Crippen LogP contribution in [0.25, 0.3) is 0 Å². The van der Waals surface area contributed by atoms with Crippen LogP contribution in [-0.2, 0) is 19.1 Å². The molecule has 278 valence electrons. The maximum absolute atomic E-state index is 12.2. The number of hydrogen-bond acceptors (Lipinski definition) is 5. The van der Waals surface area contributed by atoms with Crippen molar-refractivity contribution in [1.29, 1.82) is 0 Å². The molecule has 0 saturated carbocycles. The van der Waals surface area contributed by atoms with Crippen LogP contribution in [0.5, 0.6) is 0 Å². The van der Waals surface area contributed by atoms with Crippen molar-refractivity contribution in [3.8, 4) is 0 Å². The third-order valence-corrected chi connectivity index (χ3v) is 8.61. The Kier molecular flexibility index (Phi) is 37.5. The Hall–Kier alpha value is -2.14. The topological polar surface area (TPSA) is 72.8 Å². The average molecular weight is 673 g/mol. The van der Waals surface area contributed by atoms with Crippen LogP contribution in [0.15, 0.2) is 48.6 Å². The van der Waals surface area contributed by atoms with E-state index in [0.717, 1.165) is 70.6 Å². The maximum Gasteiger partial charge on any atom is 0.306 e. The van der Waals surface area contributed by atoms with Gasteiger partial charge < -0.3 is 14.6 Å². The quantitative estimate of drug-likeness (QED) is 0.0407. The highest BCUT2D eigenvalue weighted by molar-refractivity contribution is 5.70. The first-order chi connectivity index (χ1) is 23.6. The molecule has 5 heteroatoms. The number of esters is 2. The van der Waals surface area contributed by atoms with Crippen LogP contribution in [0, 0.1) is 0 Å². The Morgan fingerprint density at radius 1 is 0.500 bits per heavy atom. The highest BCUT2D eigenvalue weighted by Crippen LogP contribution is 2.13. The zero-order valence-electron chi connectivity index (χ0n) is 31.5. The van der Waals surface area contributed by atoms with Crippen LogP contribution >= 0.6 is 0 Å². The van der Waals surface area contributed by atoms with Crippen LogP contribution < -0.4 is 0 Å². The van der Waals surface area contributed by atoms with Crippen molar-refractivity contribution in [3.63, 3.8) is 0 Å². The number of unbranched alkanes of at least 4 members (excludes halogenated alkanes) is 20. The van der Waals surface area contributed by atoms with E-state index in [-0.39, 0.29) is 25.2 Å². The summed E-state index contributed by atoms with van der Waals surface area (Å²) < 4.78 is 10.6. The minimum atomic E-state index is -0.781. The van der Waals surface area contributed by atoms with E-state index < -0.39 is 6.10 Å². The van der Waals surface area contributed by atoms with Crippen molar-refractivity contribution in [1.82, 2.24) is 0 Å².